The minimum Gasteiger partial charge on any atom is -0.432 e. The number of fused-ring (bicyclic) bond motifs is 5. The fourth-order valence-electron chi connectivity index (χ4n) is 3.71. The van der Waals surface area contributed by atoms with Crippen LogP contribution in [0.5, 0.6) is 0 Å². The molecular weight excluding hydrogens is 344 g/mol. The molecule has 0 aliphatic carbocycles. The molecule has 0 aromatic carbocycles. The van der Waals surface area contributed by atoms with Crippen LogP contribution in [0.15, 0.2) is 10.7 Å². The van der Waals surface area contributed by atoms with Gasteiger partial charge in [0.15, 0.2) is 11.4 Å². The number of methoxy groups -OCH3 is 1. The molecule has 27 heavy (non-hydrogen) atoms. The smallest absolute Gasteiger partial charge is 0.229 e. The Labute approximate surface area is 158 Å². The predicted octanol–water partition coefficient (Wildman–Crippen LogP) is 3.80. The second-order valence-corrected chi connectivity index (χ2v) is 7.94. The summed E-state index contributed by atoms with van der Waals surface area (Å²) in [5.41, 5.74) is 5.29. The van der Waals surface area contributed by atoms with Gasteiger partial charge in [-0.1, -0.05) is 13.8 Å². The van der Waals surface area contributed by atoms with Crippen molar-refractivity contribution >= 4 is 28.0 Å². The Balaban J connectivity index is 1.96. The lowest BCUT2D eigenvalue weighted by molar-refractivity contribution is -0.0402. The van der Waals surface area contributed by atoms with Gasteiger partial charge in [-0.2, -0.15) is 0 Å². The third kappa shape index (κ3) is 3.15. The van der Waals surface area contributed by atoms with Crippen LogP contribution >= 0.6 is 0 Å². The average Bonchev–Trinajstić information content (AvgIpc) is 3.00. The Kier molecular flexibility index (Phi) is 4.52. The van der Waals surface area contributed by atoms with Gasteiger partial charge in [0.05, 0.1) is 29.9 Å². The summed E-state index contributed by atoms with van der Waals surface area (Å²) in [4.78, 5) is 13.7. The van der Waals surface area contributed by atoms with Crippen molar-refractivity contribution in [2.24, 2.45) is 0 Å². The van der Waals surface area contributed by atoms with E-state index in [-0.39, 0.29) is 11.5 Å². The first-order valence-corrected chi connectivity index (χ1v) is 9.37. The van der Waals surface area contributed by atoms with E-state index in [9.17, 15) is 0 Å². The first-order chi connectivity index (χ1) is 12.9. The topological polar surface area (TPSA) is 82.3 Å². The zero-order valence-electron chi connectivity index (χ0n) is 16.5. The maximum atomic E-state index is 6.16. The summed E-state index contributed by atoms with van der Waals surface area (Å²) in [5, 5.41) is 4.25. The normalized spacial score (nSPS) is 16.2. The van der Waals surface area contributed by atoms with E-state index < -0.39 is 0 Å². The Morgan fingerprint density at radius 3 is 2.81 bits per heavy atom. The Morgan fingerprint density at radius 2 is 2.07 bits per heavy atom. The molecule has 1 aliphatic heterocycles. The van der Waals surface area contributed by atoms with Gasteiger partial charge in [0, 0.05) is 25.6 Å². The van der Waals surface area contributed by atoms with Crippen molar-refractivity contribution in [2.75, 3.05) is 25.6 Å². The molecular formula is C20H26N4O3. The molecule has 0 spiro atoms. The van der Waals surface area contributed by atoms with Gasteiger partial charge in [-0.25, -0.2) is 15.0 Å². The van der Waals surface area contributed by atoms with Crippen molar-refractivity contribution in [2.45, 2.75) is 52.2 Å². The van der Waals surface area contributed by atoms with E-state index in [2.05, 4.69) is 43.0 Å². The third-order valence-electron chi connectivity index (χ3n) is 5.01. The molecule has 0 atom stereocenters. The van der Waals surface area contributed by atoms with Gasteiger partial charge < -0.3 is 19.2 Å². The number of nitrogens with one attached hydrogen (secondary N) is 1. The molecule has 7 nitrogen and oxygen atoms in total. The minimum atomic E-state index is -0.230. The van der Waals surface area contributed by atoms with E-state index in [4.69, 9.17) is 18.9 Å². The monoisotopic (exact) mass is 370 g/mol. The van der Waals surface area contributed by atoms with Crippen molar-refractivity contribution in [1.29, 1.82) is 0 Å². The van der Waals surface area contributed by atoms with Crippen LogP contribution in [0, 0.1) is 0 Å². The summed E-state index contributed by atoms with van der Waals surface area (Å²) in [6, 6.07) is 0. The van der Waals surface area contributed by atoms with Gasteiger partial charge in [-0.05, 0) is 25.3 Å². The Morgan fingerprint density at radius 1 is 1.26 bits per heavy atom. The van der Waals surface area contributed by atoms with Gasteiger partial charge in [-0.15, -0.1) is 0 Å². The van der Waals surface area contributed by atoms with Crippen LogP contribution in [0.1, 0.15) is 50.4 Å². The summed E-state index contributed by atoms with van der Waals surface area (Å²) in [6.45, 7) is 10.3. The maximum Gasteiger partial charge on any atom is 0.229 e. The minimum absolute atomic E-state index is 0.230. The average molecular weight is 370 g/mol. The number of hydrogen-bond donors (Lipinski definition) is 1. The lowest BCUT2D eigenvalue weighted by Gasteiger charge is -2.33. The number of rotatable bonds is 5. The highest BCUT2D eigenvalue weighted by Gasteiger charge is 2.32. The lowest BCUT2D eigenvalue weighted by atomic mass is 9.87. The van der Waals surface area contributed by atoms with E-state index in [0.717, 1.165) is 23.0 Å². The number of furan rings is 1. The Hall–Kier alpha value is -2.25. The highest BCUT2D eigenvalue weighted by Crippen LogP contribution is 2.40. The largest absolute Gasteiger partial charge is 0.432 e. The number of pyridine rings is 1. The zero-order chi connectivity index (χ0) is 19.2. The molecule has 3 aromatic rings. The van der Waals surface area contributed by atoms with Crippen LogP contribution in [-0.2, 0) is 22.5 Å². The Bertz CT molecular complexity index is 994. The number of nitrogens with zero attached hydrogens (tertiary/aromatic N) is 3. The van der Waals surface area contributed by atoms with E-state index in [0.29, 0.717) is 36.9 Å². The van der Waals surface area contributed by atoms with Gasteiger partial charge in [0.2, 0.25) is 5.71 Å². The van der Waals surface area contributed by atoms with E-state index in [1.807, 2.05) is 0 Å². The highest BCUT2D eigenvalue weighted by atomic mass is 16.5. The third-order valence-corrected chi connectivity index (χ3v) is 5.01. The molecule has 1 N–H and O–H groups in total. The molecule has 0 fully saturated rings. The van der Waals surface area contributed by atoms with Gasteiger partial charge >= 0.3 is 0 Å². The lowest BCUT2D eigenvalue weighted by Crippen LogP contribution is -2.33. The molecule has 0 amide bonds. The molecule has 0 bridgehead atoms. The van der Waals surface area contributed by atoms with Crippen LogP contribution in [0.25, 0.3) is 22.2 Å². The molecule has 0 saturated heterocycles. The summed E-state index contributed by atoms with van der Waals surface area (Å²) < 4.78 is 17.4. The van der Waals surface area contributed by atoms with E-state index in [1.54, 1.807) is 13.4 Å². The molecule has 0 saturated carbocycles. The fourth-order valence-corrected chi connectivity index (χ4v) is 3.71. The maximum absolute atomic E-state index is 6.16. The van der Waals surface area contributed by atoms with Crippen molar-refractivity contribution < 1.29 is 13.9 Å². The van der Waals surface area contributed by atoms with Crippen LogP contribution < -0.4 is 5.32 Å². The summed E-state index contributed by atoms with van der Waals surface area (Å²) in [6.07, 6.45) is 2.37. The first-order valence-electron chi connectivity index (χ1n) is 9.37. The standard InChI is InChI=1S/C20H26N4O3/c1-11(2)15-13-9-26-20(3,4)8-12(13)14-16-17(27-19(14)24-15)18(23-10-22-16)21-6-7-25-5/h10-11H,6-9H2,1-5H3,(H,21,22,23). The van der Waals surface area contributed by atoms with Crippen molar-refractivity contribution in [1.82, 2.24) is 15.0 Å². The van der Waals surface area contributed by atoms with Gasteiger partial charge in [-0.3, -0.25) is 0 Å². The molecule has 4 rings (SSSR count). The summed E-state index contributed by atoms with van der Waals surface area (Å²) in [5.74, 6) is 0.952. The highest BCUT2D eigenvalue weighted by molar-refractivity contribution is 6.06. The quantitative estimate of drug-likeness (QED) is 0.684. The van der Waals surface area contributed by atoms with Crippen LogP contribution in [-0.4, -0.2) is 40.8 Å². The van der Waals surface area contributed by atoms with E-state index in [1.165, 1.54) is 11.1 Å². The predicted molar refractivity (Wildman–Crippen MR) is 104 cm³/mol. The molecule has 0 unspecified atom stereocenters. The fraction of sp³-hybridized carbons (Fsp3) is 0.550. The van der Waals surface area contributed by atoms with Crippen LogP contribution in [0.2, 0.25) is 0 Å². The van der Waals surface area contributed by atoms with E-state index >= 15 is 0 Å². The number of ether oxygens (including phenoxy) is 2. The van der Waals surface area contributed by atoms with Crippen molar-refractivity contribution in [3.63, 3.8) is 0 Å². The van der Waals surface area contributed by atoms with Crippen molar-refractivity contribution in [3.8, 4) is 0 Å². The first kappa shape index (κ1) is 18.1. The summed E-state index contributed by atoms with van der Waals surface area (Å²) in [7, 11) is 1.67. The number of aromatic nitrogens is 3. The molecule has 1 aliphatic rings. The van der Waals surface area contributed by atoms with Crippen LogP contribution in [0.4, 0.5) is 5.82 Å². The molecule has 3 aromatic heterocycles. The molecule has 7 heteroatoms. The number of hydrogen-bond acceptors (Lipinski definition) is 7. The van der Waals surface area contributed by atoms with Crippen molar-refractivity contribution in [3.05, 3.63) is 23.1 Å². The summed E-state index contributed by atoms with van der Waals surface area (Å²) >= 11 is 0. The molecule has 144 valence electrons. The second-order valence-electron chi connectivity index (χ2n) is 7.94. The SMILES string of the molecule is COCCNc1ncnc2c1oc1nc(C(C)C)c3c(c12)CC(C)(C)OC3. The zero-order valence-corrected chi connectivity index (χ0v) is 16.5. The number of anilines is 1. The molecule has 4 heterocycles. The molecule has 0 radical (unpaired) electrons. The van der Waals surface area contributed by atoms with Gasteiger partial charge in [0.1, 0.15) is 11.8 Å². The van der Waals surface area contributed by atoms with Gasteiger partial charge in [0.25, 0.3) is 0 Å². The second kappa shape index (κ2) is 6.73. The van der Waals surface area contributed by atoms with Crippen LogP contribution in [0.3, 0.4) is 0 Å².